The number of halogens is 5. The molecule has 0 bridgehead atoms. The summed E-state index contributed by atoms with van der Waals surface area (Å²) in [5.41, 5.74) is 1.71. The third-order valence-electron chi connectivity index (χ3n) is 2.46. The molecule has 0 aliphatic carbocycles. The van der Waals surface area contributed by atoms with Gasteiger partial charge in [0, 0.05) is 20.1 Å². The van der Waals surface area contributed by atoms with Crippen molar-refractivity contribution < 1.29 is 0 Å². The van der Waals surface area contributed by atoms with E-state index >= 15 is 0 Å². The van der Waals surface area contributed by atoms with Gasteiger partial charge in [0.2, 0.25) is 0 Å². The molecule has 0 nitrogen and oxygen atoms in total. The van der Waals surface area contributed by atoms with E-state index in [4.69, 9.17) is 46.4 Å². The highest BCUT2D eigenvalue weighted by molar-refractivity contribution is 9.09. The van der Waals surface area contributed by atoms with Crippen molar-refractivity contribution in [3.8, 4) is 0 Å². The van der Waals surface area contributed by atoms with Gasteiger partial charge in [-0.3, -0.25) is 0 Å². The van der Waals surface area contributed by atoms with Crippen molar-refractivity contribution in [2.24, 2.45) is 0 Å². The van der Waals surface area contributed by atoms with Crippen molar-refractivity contribution >= 4 is 62.3 Å². The summed E-state index contributed by atoms with van der Waals surface area (Å²) < 4.78 is 0. The average molecular weight is 385 g/mol. The number of benzene rings is 2. The normalized spacial score (nSPS) is 11.0. The van der Waals surface area contributed by atoms with Crippen LogP contribution >= 0.6 is 62.3 Å². The summed E-state index contributed by atoms with van der Waals surface area (Å²) in [5.74, 6) is 0. The Bertz CT molecular complexity index is 532. The summed E-state index contributed by atoms with van der Waals surface area (Å²) in [5, 5.41) is 2.49. The van der Waals surface area contributed by atoms with Gasteiger partial charge < -0.3 is 0 Å². The smallest absolute Gasteiger partial charge is 0.0674 e. The predicted octanol–water partition coefficient (Wildman–Crippen LogP) is 6.78. The fraction of sp³-hybridized carbons (Fsp3) is 0.0769. The zero-order chi connectivity index (χ0) is 13.3. The van der Waals surface area contributed by atoms with E-state index in [0.29, 0.717) is 20.1 Å². The van der Waals surface area contributed by atoms with E-state index in [0.717, 1.165) is 11.1 Å². The van der Waals surface area contributed by atoms with Crippen LogP contribution < -0.4 is 0 Å². The second-order valence-electron chi connectivity index (χ2n) is 3.69. The maximum atomic E-state index is 6.17. The zero-order valence-electron chi connectivity index (χ0n) is 8.93. The molecule has 0 unspecified atom stereocenters. The van der Waals surface area contributed by atoms with Gasteiger partial charge in [-0.25, -0.2) is 0 Å². The highest BCUT2D eigenvalue weighted by atomic mass is 79.9. The first kappa shape index (κ1) is 14.5. The third-order valence-corrected chi connectivity index (χ3v) is 4.61. The Labute approximate surface area is 134 Å². The second-order valence-corrected chi connectivity index (χ2v) is 6.30. The van der Waals surface area contributed by atoms with Gasteiger partial charge in [-0.1, -0.05) is 62.3 Å². The number of alkyl halides is 1. The quantitative estimate of drug-likeness (QED) is 0.500. The molecule has 2 aromatic rings. The number of rotatable bonds is 2. The molecular weight excluding hydrogens is 378 g/mol. The van der Waals surface area contributed by atoms with Gasteiger partial charge in [-0.05, 0) is 47.5 Å². The van der Waals surface area contributed by atoms with Gasteiger partial charge in [-0.2, -0.15) is 0 Å². The van der Waals surface area contributed by atoms with Gasteiger partial charge in [0.1, 0.15) is 0 Å². The molecular formula is C13H7BrCl4. The molecule has 0 aromatic heterocycles. The van der Waals surface area contributed by atoms with Crippen LogP contribution in [0.15, 0.2) is 36.4 Å². The first-order chi connectivity index (χ1) is 8.49. The third kappa shape index (κ3) is 3.15. The van der Waals surface area contributed by atoms with Crippen molar-refractivity contribution in [2.75, 3.05) is 0 Å². The van der Waals surface area contributed by atoms with E-state index in [2.05, 4.69) is 15.9 Å². The Morgan fingerprint density at radius 1 is 0.722 bits per heavy atom. The van der Waals surface area contributed by atoms with Gasteiger partial charge in [0.25, 0.3) is 0 Å². The molecule has 2 rings (SSSR count). The lowest BCUT2D eigenvalue weighted by atomic mass is 10.0. The Morgan fingerprint density at radius 3 is 1.50 bits per heavy atom. The molecule has 0 aliphatic heterocycles. The van der Waals surface area contributed by atoms with Crippen LogP contribution in [0.2, 0.25) is 20.1 Å². The maximum Gasteiger partial charge on any atom is 0.0674 e. The first-order valence-corrected chi connectivity index (χ1v) is 7.46. The number of hydrogen-bond acceptors (Lipinski definition) is 0. The van der Waals surface area contributed by atoms with E-state index in [1.165, 1.54) is 0 Å². The molecule has 5 heteroatoms. The fourth-order valence-electron chi connectivity index (χ4n) is 1.59. The van der Waals surface area contributed by atoms with Crippen LogP contribution in [0.1, 0.15) is 16.0 Å². The lowest BCUT2D eigenvalue weighted by Gasteiger charge is -2.14. The zero-order valence-corrected chi connectivity index (χ0v) is 13.5. The lowest BCUT2D eigenvalue weighted by Crippen LogP contribution is -1.95. The summed E-state index contributed by atoms with van der Waals surface area (Å²) >= 11 is 27.9. The molecule has 0 aliphatic rings. The molecule has 0 spiro atoms. The molecule has 0 N–H and O–H groups in total. The molecule has 0 amide bonds. The van der Waals surface area contributed by atoms with Gasteiger partial charge in [-0.15, -0.1) is 0 Å². The minimum absolute atomic E-state index is 0.158. The van der Waals surface area contributed by atoms with Crippen molar-refractivity contribution in [2.45, 2.75) is 4.83 Å². The lowest BCUT2D eigenvalue weighted by molar-refractivity contribution is 1.18. The summed E-state index contributed by atoms with van der Waals surface area (Å²) in [6, 6.07) is 10.6. The van der Waals surface area contributed by atoms with Crippen LogP contribution in [-0.4, -0.2) is 0 Å². The van der Waals surface area contributed by atoms with Crippen LogP contribution in [0, 0.1) is 0 Å². The summed E-state index contributed by atoms with van der Waals surface area (Å²) in [6.07, 6.45) is 0. The molecule has 2 aromatic carbocycles. The van der Waals surface area contributed by atoms with Gasteiger partial charge in [0.15, 0.2) is 0 Å². The van der Waals surface area contributed by atoms with E-state index in [9.17, 15) is 0 Å². The molecule has 0 saturated carbocycles. The highest BCUT2D eigenvalue weighted by Crippen LogP contribution is 2.40. The minimum Gasteiger partial charge on any atom is -0.0843 e. The average Bonchev–Trinajstić information content (AvgIpc) is 2.34. The Kier molecular flexibility index (Phi) is 4.85. The van der Waals surface area contributed by atoms with Crippen LogP contribution in [-0.2, 0) is 0 Å². The standard InChI is InChI=1S/C13H7BrCl4/c14-13(9-5-7(15)1-3-11(9)17)10-6-8(16)2-4-12(10)18/h1-6,13H. The Hall–Kier alpha value is 0.0800. The van der Waals surface area contributed by atoms with Crippen LogP contribution in [0.25, 0.3) is 0 Å². The molecule has 18 heavy (non-hydrogen) atoms. The summed E-state index contributed by atoms with van der Waals surface area (Å²) in [4.78, 5) is -0.158. The van der Waals surface area contributed by atoms with Gasteiger partial charge >= 0.3 is 0 Å². The van der Waals surface area contributed by atoms with E-state index in [1.807, 2.05) is 0 Å². The number of hydrogen-bond donors (Lipinski definition) is 0. The molecule has 0 radical (unpaired) electrons. The Morgan fingerprint density at radius 2 is 1.11 bits per heavy atom. The maximum absolute atomic E-state index is 6.17. The van der Waals surface area contributed by atoms with Crippen molar-refractivity contribution in [1.29, 1.82) is 0 Å². The first-order valence-electron chi connectivity index (χ1n) is 5.03. The summed E-state index contributed by atoms with van der Waals surface area (Å²) in [6.45, 7) is 0. The predicted molar refractivity (Wildman–Crippen MR) is 83.7 cm³/mol. The van der Waals surface area contributed by atoms with Crippen molar-refractivity contribution in [1.82, 2.24) is 0 Å². The van der Waals surface area contributed by atoms with E-state index in [-0.39, 0.29) is 4.83 Å². The van der Waals surface area contributed by atoms with Crippen LogP contribution in [0.3, 0.4) is 0 Å². The fourth-order valence-corrected chi connectivity index (χ4v) is 3.42. The van der Waals surface area contributed by atoms with Crippen molar-refractivity contribution in [3.05, 3.63) is 67.6 Å². The SMILES string of the molecule is Clc1ccc(Cl)c(C(Br)c2cc(Cl)ccc2Cl)c1. The minimum atomic E-state index is -0.158. The largest absolute Gasteiger partial charge is 0.0843 e. The van der Waals surface area contributed by atoms with E-state index in [1.54, 1.807) is 36.4 Å². The van der Waals surface area contributed by atoms with E-state index < -0.39 is 0 Å². The van der Waals surface area contributed by atoms with Crippen LogP contribution in [0.4, 0.5) is 0 Å². The molecule has 0 fully saturated rings. The molecule has 0 heterocycles. The highest BCUT2D eigenvalue weighted by Gasteiger charge is 2.17. The summed E-state index contributed by atoms with van der Waals surface area (Å²) in [7, 11) is 0. The van der Waals surface area contributed by atoms with Gasteiger partial charge in [0.05, 0.1) is 4.83 Å². The molecule has 94 valence electrons. The van der Waals surface area contributed by atoms with Crippen LogP contribution in [0.5, 0.6) is 0 Å². The second kappa shape index (κ2) is 6.02. The molecule has 0 atom stereocenters. The van der Waals surface area contributed by atoms with Crippen molar-refractivity contribution in [3.63, 3.8) is 0 Å². The Balaban J connectivity index is 2.50. The topological polar surface area (TPSA) is 0 Å². The monoisotopic (exact) mass is 382 g/mol. The molecule has 0 saturated heterocycles.